The Hall–Kier alpha value is -6.35. The monoisotopic (exact) mass is 846 g/mol. The molecule has 0 spiro atoms. The van der Waals surface area contributed by atoms with Crippen molar-refractivity contribution in [2.45, 2.75) is 56.4 Å². The van der Waals surface area contributed by atoms with E-state index in [1.165, 1.54) is 10.8 Å². The molecule has 1 aliphatic carbocycles. The van der Waals surface area contributed by atoms with Gasteiger partial charge in [0, 0.05) is 82.8 Å². The third-order valence-corrected chi connectivity index (χ3v) is 13.3. The molecule has 4 aliphatic heterocycles. The highest BCUT2D eigenvalue weighted by atomic mass is 19.3. The van der Waals surface area contributed by atoms with Crippen LogP contribution in [0.2, 0.25) is 0 Å². The summed E-state index contributed by atoms with van der Waals surface area (Å²) in [6, 6.07) is 12.5. The summed E-state index contributed by atoms with van der Waals surface area (Å²) in [5.74, 6) is -3.07. The molecule has 2 aromatic carbocycles. The summed E-state index contributed by atoms with van der Waals surface area (Å²) >= 11 is 0. The molecule has 7 heterocycles. The van der Waals surface area contributed by atoms with Gasteiger partial charge in [0.15, 0.2) is 12.4 Å². The summed E-state index contributed by atoms with van der Waals surface area (Å²) in [4.78, 5) is 54.2. The van der Waals surface area contributed by atoms with E-state index < -0.39 is 30.0 Å². The Bertz CT molecular complexity index is 2710. The van der Waals surface area contributed by atoms with Crippen molar-refractivity contribution in [2.75, 3.05) is 72.9 Å². The standard InChI is InChI=1S/C44H48F2N12O4/c1-54-32-10-8-28(20-31(32)36-38(42(54)61)62-24-44(45,46)39(51-36)26-6-7-26)49-40-27(21-47)22-48-43(52-40)58-18-16-56(17-19-58)23-25-12-14-57(15-13-25)33-5-3-4-29-35(53-55(2)37(29)33)30-9-11-34(59)50-41(30)60/h3-5,8,10,20,22,25-26,30,39,51H,6-7,9,11-19,23-24H2,1-2H3,(H,48,49,52)(H,50,59,60). The Kier molecular flexibility index (Phi) is 9.96. The molecular weight excluding hydrogens is 799 g/mol. The van der Waals surface area contributed by atoms with Gasteiger partial charge in [-0.1, -0.05) is 12.1 Å². The predicted octanol–water partition coefficient (Wildman–Crippen LogP) is 4.61. The fourth-order valence-corrected chi connectivity index (χ4v) is 9.79. The molecule has 4 fully saturated rings. The minimum atomic E-state index is -3.15. The van der Waals surface area contributed by atoms with Crippen LogP contribution in [0.4, 0.5) is 37.6 Å². The Labute approximate surface area is 355 Å². The molecule has 0 radical (unpaired) electrons. The van der Waals surface area contributed by atoms with Crippen LogP contribution in [0.5, 0.6) is 5.75 Å². The van der Waals surface area contributed by atoms with Gasteiger partial charge >= 0.3 is 5.92 Å². The Morgan fingerprint density at radius 3 is 2.50 bits per heavy atom. The van der Waals surface area contributed by atoms with Crippen LogP contribution in [0, 0.1) is 23.2 Å². The lowest BCUT2D eigenvalue weighted by molar-refractivity contribution is -0.134. The average molecular weight is 847 g/mol. The van der Waals surface area contributed by atoms with Crippen LogP contribution in [0.3, 0.4) is 0 Å². The smallest absolute Gasteiger partial charge is 0.301 e. The number of halogens is 2. The van der Waals surface area contributed by atoms with Gasteiger partial charge in [-0.2, -0.15) is 15.3 Å². The van der Waals surface area contributed by atoms with Crippen LogP contribution >= 0.6 is 0 Å². The number of piperazine rings is 1. The van der Waals surface area contributed by atoms with Crippen molar-refractivity contribution in [1.82, 2.24) is 34.5 Å². The van der Waals surface area contributed by atoms with Crippen molar-refractivity contribution < 1.29 is 23.1 Å². The number of benzene rings is 2. The van der Waals surface area contributed by atoms with Crippen molar-refractivity contribution in [3.05, 3.63) is 64.2 Å². The van der Waals surface area contributed by atoms with Crippen molar-refractivity contribution >= 4 is 62.4 Å². The number of aryl methyl sites for hydroxylation is 2. The molecule has 5 aromatic rings. The van der Waals surface area contributed by atoms with E-state index in [0.29, 0.717) is 60.0 Å². The van der Waals surface area contributed by atoms with Crippen LogP contribution < -0.4 is 36.0 Å². The minimum Gasteiger partial charge on any atom is -0.480 e. The number of hydrogen-bond donors (Lipinski definition) is 3. The number of nitriles is 1. The highest BCUT2D eigenvalue weighted by Gasteiger charge is 2.51. The maximum Gasteiger partial charge on any atom is 0.301 e. The largest absolute Gasteiger partial charge is 0.480 e. The number of para-hydroxylation sites is 1. The predicted molar refractivity (Wildman–Crippen MR) is 229 cm³/mol. The number of rotatable bonds is 8. The van der Waals surface area contributed by atoms with Crippen LogP contribution in [0.15, 0.2) is 47.4 Å². The topological polar surface area (TPSA) is 179 Å². The van der Waals surface area contributed by atoms with Gasteiger partial charge in [0.1, 0.15) is 11.6 Å². The molecule has 3 aromatic heterocycles. The van der Waals surface area contributed by atoms with E-state index >= 15 is 8.78 Å². The molecule has 5 aliphatic rings. The summed E-state index contributed by atoms with van der Waals surface area (Å²) < 4.78 is 39.2. The van der Waals surface area contributed by atoms with E-state index in [-0.39, 0.29) is 34.7 Å². The van der Waals surface area contributed by atoms with Crippen LogP contribution in [-0.4, -0.2) is 105 Å². The van der Waals surface area contributed by atoms with Gasteiger partial charge in [-0.15, -0.1) is 0 Å². The number of amides is 2. The summed E-state index contributed by atoms with van der Waals surface area (Å²) in [6.45, 7) is 5.07. The number of nitrogens with zero attached hydrogens (tertiary/aromatic N) is 9. The first-order chi connectivity index (χ1) is 29.9. The number of alkyl halides is 2. The number of anilines is 5. The first-order valence-electron chi connectivity index (χ1n) is 21.5. The van der Waals surface area contributed by atoms with Gasteiger partial charge in [0.05, 0.1) is 46.3 Å². The second kappa shape index (κ2) is 15.5. The van der Waals surface area contributed by atoms with E-state index in [0.717, 1.165) is 80.9 Å². The van der Waals surface area contributed by atoms with Gasteiger partial charge in [-0.3, -0.25) is 29.3 Å². The number of carbonyl (C=O) groups is 2. The first-order valence-corrected chi connectivity index (χ1v) is 21.5. The lowest BCUT2D eigenvalue weighted by Gasteiger charge is -2.39. The molecule has 2 atom stereocenters. The summed E-state index contributed by atoms with van der Waals surface area (Å²) in [5.41, 5.74) is 3.96. The molecule has 62 heavy (non-hydrogen) atoms. The molecule has 10 rings (SSSR count). The lowest BCUT2D eigenvalue weighted by atomic mass is 9.92. The normalized spacial score (nSPS) is 22.1. The highest BCUT2D eigenvalue weighted by molar-refractivity contribution is 6.04. The molecule has 16 nitrogen and oxygen atoms in total. The second-order valence-electron chi connectivity index (χ2n) is 17.4. The lowest BCUT2D eigenvalue weighted by Crippen LogP contribution is -2.49. The quantitative estimate of drug-likeness (QED) is 0.185. The summed E-state index contributed by atoms with van der Waals surface area (Å²) in [6.07, 6.45) is 5.76. The number of nitrogens with one attached hydrogen (secondary N) is 3. The van der Waals surface area contributed by atoms with E-state index in [9.17, 15) is 19.6 Å². The molecular formula is C44H48F2N12O4. The van der Waals surface area contributed by atoms with Gasteiger partial charge in [0.2, 0.25) is 23.5 Å². The molecule has 18 heteroatoms. The molecule has 2 amide bonds. The van der Waals surface area contributed by atoms with E-state index in [1.54, 1.807) is 25.2 Å². The van der Waals surface area contributed by atoms with Crippen molar-refractivity contribution in [3.8, 4) is 11.8 Å². The second-order valence-corrected chi connectivity index (χ2v) is 17.4. The number of carbonyl (C=O) groups excluding carboxylic acids is 2. The molecule has 1 saturated carbocycles. The highest BCUT2D eigenvalue weighted by Crippen LogP contribution is 2.46. The van der Waals surface area contributed by atoms with Gasteiger partial charge in [0.25, 0.3) is 5.56 Å². The number of ether oxygens (including phenoxy) is 1. The van der Waals surface area contributed by atoms with E-state index in [1.807, 2.05) is 23.9 Å². The first kappa shape index (κ1) is 39.8. The Balaban J connectivity index is 0.788. The van der Waals surface area contributed by atoms with Crippen molar-refractivity contribution in [2.24, 2.45) is 25.9 Å². The third-order valence-electron chi connectivity index (χ3n) is 13.3. The molecule has 0 bridgehead atoms. The van der Waals surface area contributed by atoms with Gasteiger partial charge < -0.3 is 29.7 Å². The zero-order valence-electron chi connectivity index (χ0n) is 34.7. The maximum atomic E-state index is 15.2. The maximum absolute atomic E-state index is 15.2. The molecule has 3 saturated heterocycles. The SMILES string of the molecule is Cn1nc(C2CCC(=O)NC2=O)c2cccc(N3CCC(CN4CCN(c5ncc(C#N)c(Nc6ccc7c(c6)c6c(c(=O)n7C)OCC(F)(F)C(C7CC7)N6)n5)CC4)CC3)c21. The van der Waals surface area contributed by atoms with Gasteiger partial charge in [-0.05, 0) is 68.2 Å². The summed E-state index contributed by atoms with van der Waals surface area (Å²) in [7, 11) is 3.51. The van der Waals surface area contributed by atoms with Gasteiger partial charge in [-0.25, -0.2) is 13.8 Å². The summed E-state index contributed by atoms with van der Waals surface area (Å²) in [5, 5.41) is 25.0. The zero-order chi connectivity index (χ0) is 42.9. The number of fused-ring (bicyclic) bond motifs is 4. The van der Waals surface area contributed by atoms with Crippen LogP contribution in [-0.2, 0) is 23.7 Å². The van der Waals surface area contributed by atoms with E-state index in [4.69, 9.17) is 14.8 Å². The van der Waals surface area contributed by atoms with Crippen molar-refractivity contribution in [1.29, 1.82) is 5.26 Å². The fourth-order valence-electron chi connectivity index (χ4n) is 9.79. The van der Waals surface area contributed by atoms with Crippen LogP contribution in [0.1, 0.15) is 55.7 Å². The fraction of sp³-hybridized carbons (Fsp3) is 0.477. The zero-order valence-corrected chi connectivity index (χ0v) is 34.7. The Morgan fingerprint density at radius 1 is 0.968 bits per heavy atom. The number of hydrogen-bond acceptors (Lipinski definition) is 13. The third kappa shape index (κ3) is 7.21. The number of pyridine rings is 1. The minimum absolute atomic E-state index is 0.131. The molecule has 2 unspecified atom stereocenters. The molecule has 322 valence electrons. The number of piperidine rings is 2. The molecule has 3 N–H and O–H groups in total. The van der Waals surface area contributed by atoms with Crippen LogP contribution in [0.25, 0.3) is 21.8 Å². The van der Waals surface area contributed by atoms with Crippen molar-refractivity contribution in [3.63, 3.8) is 0 Å². The average Bonchev–Trinajstić information content (AvgIpc) is 4.07. The van der Waals surface area contributed by atoms with E-state index in [2.05, 4.69) is 47.8 Å². The number of imide groups is 1. The number of aromatic nitrogens is 5. The Morgan fingerprint density at radius 2 is 1.76 bits per heavy atom.